The third-order valence-electron chi connectivity index (χ3n) is 3.81. The highest BCUT2D eigenvalue weighted by Crippen LogP contribution is 2.27. The smallest absolute Gasteiger partial charge is 0.311 e. The molecule has 5 nitrogen and oxygen atoms in total. The Morgan fingerprint density at radius 2 is 1.95 bits per heavy atom. The van der Waals surface area contributed by atoms with Gasteiger partial charge in [0.05, 0.1) is 17.0 Å². The second-order valence-corrected chi connectivity index (χ2v) is 5.68. The molecule has 0 unspecified atom stereocenters. The Hall–Kier alpha value is -1.56. The van der Waals surface area contributed by atoms with E-state index in [1.165, 1.54) is 0 Å². The lowest BCUT2D eigenvalue weighted by molar-refractivity contribution is -0.149. The van der Waals surface area contributed by atoms with Crippen LogP contribution >= 0.6 is 15.9 Å². The van der Waals surface area contributed by atoms with Crippen molar-refractivity contribution in [2.24, 2.45) is 5.41 Å². The van der Waals surface area contributed by atoms with E-state index in [1.54, 1.807) is 25.3 Å². The maximum absolute atomic E-state index is 12.1. The van der Waals surface area contributed by atoms with E-state index in [0.29, 0.717) is 28.6 Å². The summed E-state index contributed by atoms with van der Waals surface area (Å²) in [6.07, 6.45) is 0.927. The first-order valence-corrected chi connectivity index (χ1v) is 7.54. The molecule has 0 saturated heterocycles. The minimum atomic E-state index is -0.917. The van der Waals surface area contributed by atoms with E-state index in [9.17, 15) is 14.7 Å². The number of amides is 1. The Bertz CT molecular complexity index is 526. The summed E-state index contributed by atoms with van der Waals surface area (Å²) in [5.41, 5.74) is -0.464. The number of aliphatic carboxylic acids is 1. The Labute approximate surface area is 132 Å². The molecule has 2 N–H and O–H groups in total. The van der Waals surface area contributed by atoms with Gasteiger partial charge in [0, 0.05) is 12.1 Å². The molecule has 0 radical (unpaired) electrons. The lowest BCUT2D eigenvalue weighted by Crippen LogP contribution is -2.42. The van der Waals surface area contributed by atoms with Crippen LogP contribution in [0.3, 0.4) is 0 Å². The summed E-state index contributed by atoms with van der Waals surface area (Å²) in [5, 5.41) is 12.1. The number of ether oxygens (including phenoxy) is 1. The maximum atomic E-state index is 12.1. The van der Waals surface area contributed by atoms with E-state index in [4.69, 9.17) is 4.74 Å². The predicted molar refractivity (Wildman–Crippen MR) is 83.7 cm³/mol. The number of halogens is 1. The molecule has 116 valence electrons. The van der Waals surface area contributed by atoms with Crippen molar-refractivity contribution in [3.05, 3.63) is 28.2 Å². The zero-order valence-electron chi connectivity index (χ0n) is 12.4. The minimum Gasteiger partial charge on any atom is -0.496 e. The van der Waals surface area contributed by atoms with Crippen LogP contribution in [0, 0.1) is 5.41 Å². The molecule has 1 rings (SSSR count). The number of carbonyl (C=O) groups excluding carboxylic acids is 1. The number of carbonyl (C=O) groups is 2. The number of methoxy groups -OCH3 is 1. The van der Waals surface area contributed by atoms with Crippen LogP contribution in [0.2, 0.25) is 0 Å². The second-order valence-electron chi connectivity index (χ2n) is 4.82. The van der Waals surface area contributed by atoms with Crippen molar-refractivity contribution in [2.75, 3.05) is 13.7 Å². The van der Waals surface area contributed by atoms with E-state index in [0.717, 1.165) is 0 Å². The molecule has 0 aliphatic rings. The van der Waals surface area contributed by atoms with Crippen molar-refractivity contribution in [3.63, 3.8) is 0 Å². The van der Waals surface area contributed by atoms with E-state index < -0.39 is 11.4 Å². The van der Waals surface area contributed by atoms with Crippen LogP contribution in [-0.4, -0.2) is 30.6 Å². The van der Waals surface area contributed by atoms with Gasteiger partial charge in [-0.3, -0.25) is 9.59 Å². The van der Waals surface area contributed by atoms with Gasteiger partial charge in [0.15, 0.2) is 0 Å². The van der Waals surface area contributed by atoms with Crippen LogP contribution in [-0.2, 0) is 4.79 Å². The second kappa shape index (κ2) is 7.45. The molecule has 0 saturated carbocycles. The summed E-state index contributed by atoms with van der Waals surface area (Å²) in [6.45, 7) is 3.74. The highest BCUT2D eigenvalue weighted by atomic mass is 79.9. The number of rotatable bonds is 7. The molecule has 1 aromatic carbocycles. The molecular weight excluding hydrogens is 338 g/mol. The van der Waals surface area contributed by atoms with Gasteiger partial charge in [-0.1, -0.05) is 13.8 Å². The highest BCUT2D eigenvalue weighted by Gasteiger charge is 2.35. The number of hydrogen-bond acceptors (Lipinski definition) is 3. The monoisotopic (exact) mass is 357 g/mol. The van der Waals surface area contributed by atoms with Gasteiger partial charge in [0.25, 0.3) is 5.91 Å². The van der Waals surface area contributed by atoms with E-state index in [-0.39, 0.29) is 12.5 Å². The Morgan fingerprint density at radius 1 is 1.33 bits per heavy atom. The molecule has 1 aromatic rings. The molecule has 0 spiro atoms. The molecule has 0 fully saturated rings. The lowest BCUT2D eigenvalue weighted by Gasteiger charge is -2.26. The predicted octanol–water partition coefficient (Wildman–Crippen LogP) is 3.08. The fraction of sp³-hybridized carbons (Fsp3) is 0.467. The summed E-state index contributed by atoms with van der Waals surface area (Å²) in [4.78, 5) is 23.5. The summed E-state index contributed by atoms with van der Waals surface area (Å²) >= 11 is 3.32. The first-order valence-electron chi connectivity index (χ1n) is 6.75. The molecule has 6 heteroatoms. The topological polar surface area (TPSA) is 75.6 Å². The van der Waals surface area contributed by atoms with E-state index in [1.807, 2.05) is 13.8 Å². The van der Waals surface area contributed by atoms with E-state index in [2.05, 4.69) is 21.2 Å². The van der Waals surface area contributed by atoms with Crippen molar-refractivity contribution in [1.82, 2.24) is 5.32 Å². The Morgan fingerprint density at radius 3 is 2.38 bits per heavy atom. The van der Waals surface area contributed by atoms with Crippen LogP contribution in [0.25, 0.3) is 0 Å². The number of carboxylic acids is 1. The normalized spacial score (nSPS) is 11.0. The summed E-state index contributed by atoms with van der Waals surface area (Å²) in [5.74, 6) is -0.553. The van der Waals surface area contributed by atoms with E-state index >= 15 is 0 Å². The first-order chi connectivity index (χ1) is 9.90. The van der Waals surface area contributed by atoms with Crippen LogP contribution in [0.15, 0.2) is 22.7 Å². The zero-order valence-corrected chi connectivity index (χ0v) is 14.0. The minimum absolute atomic E-state index is 0.109. The van der Waals surface area contributed by atoms with Crippen LogP contribution in [0.4, 0.5) is 0 Å². The zero-order chi connectivity index (χ0) is 16.0. The largest absolute Gasteiger partial charge is 0.496 e. The molecule has 1 amide bonds. The fourth-order valence-electron chi connectivity index (χ4n) is 2.04. The van der Waals surface area contributed by atoms with Gasteiger partial charge in [-0.05, 0) is 47.0 Å². The molecule has 0 aliphatic heterocycles. The number of carboxylic acid groups (broad SMARTS) is 1. The van der Waals surface area contributed by atoms with Crippen molar-refractivity contribution in [2.45, 2.75) is 26.7 Å². The van der Waals surface area contributed by atoms with Gasteiger partial charge in [-0.2, -0.15) is 0 Å². The third-order valence-corrected chi connectivity index (χ3v) is 4.43. The average Bonchev–Trinajstić information content (AvgIpc) is 2.48. The third kappa shape index (κ3) is 3.97. The lowest BCUT2D eigenvalue weighted by atomic mass is 9.82. The molecule has 0 bridgehead atoms. The van der Waals surface area contributed by atoms with Gasteiger partial charge in [-0.25, -0.2) is 0 Å². The average molecular weight is 358 g/mol. The summed E-state index contributed by atoms with van der Waals surface area (Å²) < 4.78 is 5.78. The van der Waals surface area contributed by atoms with Crippen LogP contribution in [0.5, 0.6) is 5.75 Å². The van der Waals surface area contributed by atoms with Crippen molar-refractivity contribution in [1.29, 1.82) is 0 Å². The van der Waals surface area contributed by atoms with Gasteiger partial charge in [0.1, 0.15) is 5.75 Å². The number of hydrogen-bond donors (Lipinski definition) is 2. The highest BCUT2D eigenvalue weighted by molar-refractivity contribution is 9.10. The van der Waals surface area contributed by atoms with Crippen molar-refractivity contribution in [3.8, 4) is 5.75 Å². The summed E-state index contributed by atoms with van der Waals surface area (Å²) in [6, 6.07) is 4.97. The van der Waals surface area contributed by atoms with Gasteiger partial charge in [-0.15, -0.1) is 0 Å². The summed E-state index contributed by atoms with van der Waals surface area (Å²) in [7, 11) is 1.55. The Kier molecular flexibility index (Phi) is 6.20. The molecule has 0 heterocycles. The molecule has 0 aliphatic carbocycles. The standard InChI is InChI=1S/C15H20BrNO4/c1-4-15(5-2,14(19)20)9-17-13(18)10-6-7-12(21-3)11(16)8-10/h6-8H,4-5,9H2,1-3H3,(H,17,18)(H,19,20). The number of nitrogens with one attached hydrogen (secondary N) is 1. The quantitative estimate of drug-likeness (QED) is 0.786. The van der Waals surface area contributed by atoms with Crippen LogP contribution < -0.4 is 10.1 Å². The molecule has 0 aromatic heterocycles. The first kappa shape index (κ1) is 17.5. The molecule has 21 heavy (non-hydrogen) atoms. The molecular formula is C15H20BrNO4. The van der Waals surface area contributed by atoms with Crippen molar-refractivity contribution < 1.29 is 19.4 Å². The molecule has 0 atom stereocenters. The fourth-order valence-corrected chi connectivity index (χ4v) is 2.58. The number of benzene rings is 1. The Balaban J connectivity index is 2.82. The van der Waals surface area contributed by atoms with Gasteiger partial charge in [0.2, 0.25) is 0 Å². The SMILES string of the molecule is CCC(CC)(CNC(=O)c1ccc(OC)c(Br)c1)C(=O)O. The van der Waals surface area contributed by atoms with Crippen molar-refractivity contribution >= 4 is 27.8 Å². The van der Waals surface area contributed by atoms with Crippen LogP contribution in [0.1, 0.15) is 37.0 Å². The van der Waals surface area contributed by atoms with Gasteiger partial charge < -0.3 is 15.2 Å². The van der Waals surface area contributed by atoms with Gasteiger partial charge >= 0.3 is 5.97 Å². The maximum Gasteiger partial charge on any atom is 0.311 e.